The molecular weight excluding hydrogens is 374 g/mol. The van der Waals surface area contributed by atoms with Crippen LogP contribution in [0.25, 0.3) is 5.69 Å². The molecule has 5 nitrogen and oxygen atoms in total. The van der Waals surface area contributed by atoms with Gasteiger partial charge >= 0.3 is 0 Å². The van der Waals surface area contributed by atoms with Crippen molar-refractivity contribution in [1.29, 1.82) is 0 Å². The molecule has 2 aliphatic carbocycles. The van der Waals surface area contributed by atoms with E-state index in [0.29, 0.717) is 18.3 Å². The second-order valence-electron chi connectivity index (χ2n) is 10.1. The number of carbonyl (C=O) groups is 1. The van der Waals surface area contributed by atoms with Crippen LogP contribution < -0.4 is 5.32 Å². The standard InChI is InChI=1S/C25H33N3O2/c1-4-6-21(29)27-23-24(2,3)18-15-20-22(30-14-11-25(20,23)16-18)17-7-9-19(10-8-17)28-13-5-12-26-28/h5,7-10,12-13,18,20,22-23H,4,6,11,14-16H2,1-3H3,(H,27,29)/t18-,20-,22-,23+,25?/m1/s1. The Morgan fingerprint density at radius 1 is 1.30 bits per heavy atom. The Bertz CT molecular complexity index is 905. The smallest absolute Gasteiger partial charge is 0.220 e. The lowest BCUT2D eigenvalue weighted by molar-refractivity contribution is -0.137. The van der Waals surface area contributed by atoms with Crippen molar-refractivity contribution in [2.75, 3.05) is 6.61 Å². The third-order valence-corrected chi connectivity index (χ3v) is 8.28. The van der Waals surface area contributed by atoms with Crippen molar-refractivity contribution in [3.8, 4) is 5.69 Å². The minimum Gasteiger partial charge on any atom is -0.373 e. The fourth-order valence-corrected chi connectivity index (χ4v) is 6.82. The van der Waals surface area contributed by atoms with E-state index in [-0.39, 0.29) is 28.9 Å². The molecule has 5 atom stereocenters. The molecule has 5 rings (SSSR count). The van der Waals surface area contributed by atoms with E-state index < -0.39 is 0 Å². The summed E-state index contributed by atoms with van der Waals surface area (Å²) in [6.07, 6.45) is 8.84. The Kier molecular flexibility index (Phi) is 4.77. The quantitative estimate of drug-likeness (QED) is 0.783. The summed E-state index contributed by atoms with van der Waals surface area (Å²) < 4.78 is 8.27. The molecule has 2 saturated carbocycles. The minimum atomic E-state index is 0.108. The van der Waals surface area contributed by atoms with Gasteiger partial charge in [0.15, 0.2) is 0 Å². The van der Waals surface area contributed by atoms with Crippen molar-refractivity contribution in [3.63, 3.8) is 0 Å². The van der Waals surface area contributed by atoms with Gasteiger partial charge in [0.05, 0.1) is 11.8 Å². The average Bonchev–Trinajstić information content (AvgIpc) is 3.44. The summed E-state index contributed by atoms with van der Waals surface area (Å²) in [7, 11) is 0. The number of benzene rings is 1. The third-order valence-electron chi connectivity index (χ3n) is 8.28. The predicted molar refractivity (Wildman–Crippen MR) is 116 cm³/mol. The summed E-state index contributed by atoms with van der Waals surface area (Å²) in [5, 5.41) is 7.81. The summed E-state index contributed by atoms with van der Waals surface area (Å²) in [5.41, 5.74) is 2.61. The largest absolute Gasteiger partial charge is 0.373 e. The van der Waals surface area contributed by atoms with Crippen LogP contribution in [-0.4, -0.2) is 28.3 Å². The summed E-state index contributed by atoms with van der Waals surface area (Å²) in [6, 6.07) is 10.8. The summed E-state index contributed by atoms with van der Waals surface area (Å²) >= 11 is 0. The minimum absolute atomic E-state index is 0.108. The van der Waals surface area contributed by atoms with Crippen LogP contribution in [0.15, 0.2) is 42.7 Å². The van der Waals surface area contributed by atoms with Crippen molar-refractivity contribution in [3.05, 3.63) is 48.3 Å². The molecule has 2 aromatic rings. The normalized spacial score (nSPS) is 34.0. The van der Waals surface area contributed by atoms with Gasteiger partial charge in [-0.2, -0.15) is 5.10 Å². The molecule has 1 aromatic carbocycles. The molecule has 5 heteroatoms. The highest BCUT2D eigenvalue weighted by Crippen LogP contribution is 2.70. The number of hydrogen-bond donors (Lipinski definition) is 1. The number of hydrogen-bond acceptors (Lipinski definition) is 3. The van der Waals surface area contributed by atoms with Crippen LogP contribution in [0.1, 0.15) is 64.5 Å². The topological polar surface area (TPSA) is 56.2 Å². The molecule has 1 N–H and O–H groups in total. The first-order valence-electron chi connectivity index (χ1n) is 11.5. The summed E-state index contributed by atoms with van der Waals surface area (Å²) in [4.78, 5) is 12.6. The maximum Gasteiger partial charge on any atom is 0.220 e. The van der Waals surface area contributed by atoms with Crippen LogP contribution in [0.5, 0.6) is 0 Å². The number of carbonyl (C=O) groups excluding carboxylic acids is 1. The van der Waals surface area contributed by atoms with Gasteiger partial charge in [0, 0.05) is 31.5 Å². The van der Waals surface area contributed by atoms with Crippen LogP contribution in [-0.2, 0) is 9.53 Å². The number of rotatable bonds is 5. The van der Waals surface area contributed by atoms with E-state index in [1.54, 1.807) is 6.20 Å². The molecule has 1 saturated heterocycles. The second-order valence-corrected chi connectivity index (χ2v) is 10.1. The molecular formula is C25H33N3O2. The van der Waals surface area contributed by atoms with Crippen LogP contribution in [0.2, 0.25) is 0 Å². The Morgan fingerprint density at radius 3 is 2.80 bits per heavy atom. The third kappa shape index (κ3) is 2.93. The van der Waals surface area contributed by atoms with Gasteiger partial charge in [-0.3, -0.25) is 4.79 Å². The average molecular weight is 408 g/mol. The molecule has 1 aliphatic heterocycles. The van der Waals surface area contributed by atoms with Crippen molar-refractivity contribution in [1.82, 2.24) is 15.1 Å². The Morgan fingerprint density at radius 2 is 2.10 bits per heavy atom. The molecule has 3 fully saturated rings. The number of ether oxygens (including phenoxy) is 1. The highest BCUT2D eigenvalue weighted by molar-refractivity contribution is 5.76. The first-order chi connectivity index (χ1) is 14.5. The summed E-state index contributed by atoms with van der Waals surface area (Å²) in [5.74, 6) is 1.32. The molecule has 1 amide bonds. The molecule has 0 radical (unpaired) electrons. The monoisotopic (exact) mass is 407 g/mol. The van der Waals surface area contributed by atoms with Gasteiger partial charge in [-0.1, -0.05) is 32.9 Å². The maximum atomic E-state index is 12.6. The lowest BCUT2D eigenvalue weighted by Crippen LogP contribution is -2.58. The van der Waals surface area contributed by atoms with Gasteiger partial charge < -0.3 is 10.1 Å². The van der Waals surface area contributed by atoms with E-state index in [0.717, 1.165) is 25.1 Å². The van der Waals surface area contributed by atoms with E-state index in [1.165, 1.54) is 18.4 Å². The van der Waals surface area contributed by atoms with Crippen LogP contribution in [0, 0.1) is 22.7 Å². The van der Waals surface area contributed by atoms with E-state index in [1.807, 2.05) is 16.9 Å². The maximum absolute atomic E-state index is 12.6. The van der Waals surface area contributed by atoms with E-state index in [2.05, 4.69) is 55.5 Å². The SMILES string of the molecule is CCCC(=O)N[C@H]1C(C)(C)[C@@H]2C[C@@H]3[C@@H](c4ccc(-n5cccn5)cc4)OCCC31C2. The van der Waals surface area contributed by atoms with Crippen molar-refractivity contribution >= 4 is 5.91 Å². The van der Waals surface area contributed by atoms with Crippen LogP contribution in [0.3, 0.4) is 0 Å². The van der Waals surface area contributed by atoms with E-state index >= 15 is 0 Å². The Hall–Kier alpha value is -2.14. The Labute approximate surface area is 179 Å². The van der Waals surface area contributed by atoms with Crippen LogP contribution >= 0.6 is 0 Å². The lowest BCUT2D eigenvalue weighted by atomic mass is 9.59. The first-order valence-corrected chi connectivity index (χ1v) is 11.5. The molecule has 1 spiro atoms. The molecule has 2 heterocycles. The molecule has 1 unspecified atom stereocenters. The molecule has 2 bridgehead atoms. The molecule has 30 heavy (non-hydrogen) atoms. The summed E-state index contributed by atoms with van der Waals surface area (Å²) in [6.45, 7) is 7.57. The van der Waals surface area contributed by atoms with Gasteiger partial charge in [0.25, 0.3) is 0 Å². The number of amides is 1. The number of aromatic nitrogens is 2. The zero-order valence-electron chi connectivity index (χ0n) is 18.3. The van der Waals surface area contributed by atoms with Gasteiger partial charge in [0.1, 0.15) is 0 Å². The number of nitrogens with one attached hydrogen (secondary N) is 1. The number of fused-ring (bicyclic) bond motifs is 1. The second kappa shape index (κ2) is 7.23. The van der Waals surface area contributed by atoms with Gasteiger partial charge in [0.2, 0.25) is 5.91 Å². The van der Waals surface area contributed by atoms with Crippen molar-refractivity contribution in [2.45, 2.75) is 65.0 Å². The van der Waals surface area contributed by atoms with Gasteiger partial charge in [-0.25, -0.2) is 4.68 Å². The molecule has 1 aromatic heterocycles. The first kappa shape index (κ1) is 19.8. The Balaban J connectivity index is 1.43. The molecule has 160 valence electrons. The zero-order chi connectivity index (χ0) is 20.9. The fourth-order valence-electron chi connectivity index (χ4n) is 6.82. The fraction of sp³-hybridized carbons (Fsp3) is 0.600. The van der Waals surface area contributed by atoms with Crippen molar-refractivity contribution in [2.24, 2.45) is 22.7 Å². The van der Waals surface area contributed by atoms with Crippen molar-refractivity contribution < 1.29 is 9.53 Å². The van der Waals surface area contributed by atoms with Gasteiger partial charge in [-0.05, 0) is 72.1 Å². The highest BCUT2D eigenvalue weighted by atomic mass is 16.5. The van der Waals surface area contributed by atoms with Gasteiger partial charge in [-0.15, -0.1) is 0 Å². The van der Waals surface area contributed by atoms with Crippen LogP contribution in [0.4, 0.5) is 0 Å². The molecule has 3 aliphatic rings. The zero-order valence-corrected chi connectivity index (χ0v) is 18.3. The van der Waals surface area contributed by atoms with E-state index in [9.17, 15) is 4.79 Å². The lowest BCUT2D eigenvalue weighted by Gasteiger charge is -2.53. The van der Waals surface area contributed by atoms with E-state index in [4.69, 9.17) is 4.74 Å². The predicted octanol–water partition coefficient (Wildman–Crippen LogP) is 4.67. The highest BCUT2D eigenvalue weighted by Gasteiger charge is 2.68. The number of nitrogens with zero attached hydrogens (tertiary/aromatic N) is 2.